The molecule has 0 saturated carbocycles. The molecule has 0 spiro atoms. The van der Waals surface area contributed by atoms with E-state index >= 15 is 0 Å². The minimum atomic E-state index is 0.530. The van der Waals surface area contributed by atoms with Crippen LogP contribution in [0.2, 0.25) is 0 Å². The number of rotatable bonds is 2. The summed E-state index contributed by atoms with van der Waals surface area (Å²) in [6.07, 6.45) is 1.73. The summed E-state index contributed by atoms with van der Waals surface area (Å²) in [4.78, 5) is 9.26. The molecule has 0 aliphatic heterocycles. The Hall–Kier alpha value is -1.14. The largest absolute Gasteiger partial charge is 0.384 e. The molecule has 0 saturated heterocycles. The van der Waals surface area contributed by atoms with E-state index in [2.05, 4.69) is 14.3 Å². The van der Waals surface area contributed by atoms with E-state index in [9.17, 15) is 0 Å². The van der Waals surface area contributed by atoms with Crippen LogP contribution in [0.4, 0.5) is 5.82 Å². The molecule has 0 amide bonds. The van der Waals surface area contributed by atoms with Gasteiger partial charge in [0.05, 0.1) is 0 Å². The van der Waals surface area contributed by atoms with Crippen LogP contribution in [0.15, 0.2) is 27.6 Å². The first-order chi connectivity index (χ1) is 6.74. The number of anilines is 1. The fourth-order valence-electron chi connectivity index (χ4n) is 0.872. The normalized spacial score (nSPS) is 10.4. The minimum Gasteiger partial charge on any atom is -0.384 e. The Morgan fingerprint density at radius 1 is 1.43 bits per heavy atom. The standard InChI is InChI=1S/C8H8N4S2/c1-5-11-8(14-12-5)13-6-2-3-7(9)10-4-6/h2-4H,1H3,(H2,9,10). The molecule has 0 atom stereocenters. The van der Waals surface area contributed by atoms with Crippen molar-refractivity contribution in [1.29, 1.82) is 0 Å². The van der Waals surface area contributed by atoms with Gasteiger partial charge in [-0.3, -0.25) is 0 Å². The molecule has 0 unspecified atom stereocenters. The highest BCUT2D eigenvalue weighted by Gasteiger charge is 2.02. The van der Waals surface area contributed by atoms with Crippen molar-refractivity contribution in [3.63, 3.8) is 0 Å². The molecule has 0 aromatic carbocycles. The van der Waals surface area contributed by atoms with Gasteiger partial charge in [-0.1, -0.05) is 11.8 Å². The molecule has 14 heavy (non-hydrogen) atoms. The van der Waals surface area contributed by atoms with Crippen molar-refractivity contribution in [3.05, 3.63) is 24.2 Å². The minimum absolute atomic E-state index is 0.530. The van der Waals surface area contributed by atoms with Gasteiger partial charge < -0.3 is 5.73 Å². The molecule has 2 aromatic heterocycles. The first-order valence-electron chi connectivity index (χ1n) is 3.94. The predicted molar refractivity (Wildman–Crippen MR) is 57.4 cm³/mol. The van der Waals surface area contributed by atoms with Crippen LogP contribution in [0.25, 0.3) is 0 Å². The number of nitrogens with two attached hydrogens (primary N) is 1. The summed E-state index contributed by atoms with van der Waals surface area (Å²) in [5, 5.41) is 0. The average Bonchev–Trinajstić information content (AvgIpc) is 2.56. The van der Waals surface area contributed by atoms with Gasteiger partial charge in [0.25, 0.3) is 0 Å². The Kier molecular flexibility index (Phi) is 2.64. The average molecular weight is 224 g/mol. The lowest BCUT2D eigenvalue weighted by molar-refractivity contribution is 1.10. The van der Waals surface area contributed by atoms with Gasteiger partial charge in [0.2, 0.25) is 0 Å². The first-order valence-corrected chi connectivity index (χ1v) is 5.53. The van der Waals surface area contributed by atoms with Crippen LogP contribution in [0, 0.1) is 6.92 Å². The van der Waals surface area contributed by atoms with Gasteiger partial charge in [-0.25, -0.2) is 9.97 Å². The molecule has 0 aliphatic rings. The van der Waals surface area contributed by atoms with E-state index in [1.165, 1.54) is 11.5 Å². The molecule has 2 heterocycles. The number of aromatic nitrogens is 3. The maximum atomic E-state index is 5.48. The Balaban J connectivity index is 2.15. The topological polar surface area (TPSA) is 64.7 Å². The zero-order valence-corrected chi connectivity index (χ0v) is 9.10. The third-order valence-corrected chi connectivity index (χ3v) is 3.29. The second-order valence-corrected chi connectivity index (χ2v) is 4.70. The summed E-state index contributed by atoms with van der Waals surface area (Å²) in [5.74, 6) is 1.34. The van der Waals surface area contributed by atoms with Crippen LogP contribution in [0.5, 0.6) is 0 Å². The van der Waals surface area contributed by atoms with Crippen molar-refractivity contribution in [1.82, 2.24) is 14.3 Å². The summed E-state index contributed by atoms with van der Waals surface area (Å²) < 4.78 is 5.02. The van der Waals surface area contributed by atoms with E-state index in [0.29, 0.717) is 5.82 Å². The van der Waals surface area contributed by atoms with Crippen molar-refractivity contribution in [2.75, 3.05) is 5.73 Å². The molecule has 4 nitrogen and oxygen atoms in total. The van der Waals surface area contributed by atoms with Crippen LogP contribution in [-0.4, -0.2) is 14.3 Å². The van der Waals surface area contributed by atoms with Gasteiger partial charge in [-0.05, 0) is 30.6 Å². The van der Waals surface area contributed by atoms with E-state index in [1.54, 1.807) is 24.0 Å². The number of hydrogen-bond donors (Lipinski definition) is 1. The van der Waals surface area contributed by atoms with Gasteiger partial charge in [0.15, 0.2) is 4.34 Å². The maximum Gasteiger partial charge on any atom is 0.174 e. The summed E-state index contributed by atoms with van der Waals surface area (Å²) in [6, 6.07) is 3.69. The van der Waals surface area contributed by atoms with Crippen LogP contribution in [0.1, 0.15) is 5.82 Å². The SMILES string of the molecule is Cc1nsc(Sc2ccc(N)nc2)n1. The molecule has 2 aromatic rings. The zero-order chi connectivity index (χ0) is 9.97. The Bertz CT molecular complexity index is 423. The summed E-state index contributed by atoms with van der Waals surface area (Å²) in [6.45, 7) is 1.88. The van der Waals surface area contributed by atoms with Crippen molar-refractivity contribution >= 4 is 29.1 Å². The number of nitrogens with zero attached hydrogens (tertiary/aromatic N) is 3. The summed E-state index contributed by atoms with van der Waals surface area (Å²) in [7, 11) is 0. The molecule has 0 aliphatic carbocycles. The highest BCUT2D eigenvalue weighted by molar-refractivity contribution is 8.01. The van der Waals surface area contributed by atoms with Crippen LogP contribution >= 0.6 is 23.3 Å². The van der Waals surface area contributed by atoms with Crippen molar-refractivity contribution in [2.45, 2.75) is 16.2 Å². The lowest BCUT2D eigenvalue weighted by Gasteiger charge is -1.96. The van der Waals surface area contributed by atoms with E-state index < -0.39 is 0 Å². The molecule has 6 heteroatoms. The Morgan fingerprint density at radius 2 is 2.29 bits per heavy atom. The van der Waals surface area contributed by atoms with Gasteiger partial charge in [0, 0.05) is 11.1 Å². The van der Waals surface area contributed by atoms with Gasteiger partial charge in [-0.2, -0.15) is 4.37 Å². The van der Waals surface area contributed by atoms with E-state index in [1.807, 2.05) is 13.0 Å². The fourth-order valence-corrected chi connectivity index (χ4v) is 2.47. The van der Waals surface area contributed by atoms with E-state index in [4.69, 9.17) is 5.73 Å². The molecule has 2 N–H and O–H groups in total. The molecule has 0 bridgehead atoms. The van der Waals surface area contributed by atoms with Crippen molar-refractivity contribution < 1.29 is 0 Å². The van der Waals surface area contributed by atoms with Crippen LogP contribution < -0.4 is 5.73 Å². The lowest BCUT2D eigenvalue weighted by atomic mass is 10.5. The Labute approximate surface area is 89.8 Å². The second-order valence-electron chi connectivity index (χ2n) is 2.63. The Morgan fingerprint density at radius 3 is 2.86 bits per heavy atom. The molecular formula is C8H8N4S2. The third kappa shape index (κ3) is 2.21. The highest BCUT2D eigenvalue weighted by Crippen LogP contribution is 2.28. The first kappa shape index (κ1) is 9.42. The summed E-state index contributed by atoms with van der Waals surface area (Å²) >= 11 is 2.94. The molecular weight excluding hydrogens is 216 g/mol. The third-order valence-electron chi connectivity index (χ3n) is 1.47. The van der Waals surface area contributed by atoms with Crippen LogP contribution in [0.3, 0.4) is 0 Å². The molecule has 0 fully saturated rings. The monoisotopic (exact) mass is 224 g/mol. The second kappa shape index (κ2) is 3.93. The number of pyridine rings is 1. The highest BCUT2D eigenvalue weighted by atomic mass is 32.2. The smallest absolute Gasteiger partial charge is 0.174 e. The van der Waals surface area contributed by atoms with Gasteiger partial charge in [0.1, 0.15) is 11.6 Å². The lowest BCUT2D eigenvalue weighted by Crippen LogP contribution is -1.87. The number of hydrogen-bond acceptors (Lipinski definition) is 6. The van der Waals surface area contributed by atoms with E-state index in [0.717, 1.165) is 15.1 Å². The number of nitrogen functional groups attached to an aromatic ring is 1. The van der Waals surface area contributed by atoms with Crippen LogP contribution in [-0.2, 0) is 0 Å². The van der Waals surface area contributed by atoms with E-state index in [-0.39, 0.29) is 0 Å². The number of aryl methyl sites for hydroxylation is 1. The van der Waals surface area contributed by atoms with Gasteiger partial charge in [-0.15, -0.1) is 0 Å². The quantitative estimate of drug-likeness (QED) is 0.845. The zero-order valence-electron chi connectivity index (χ0n) is 7.47. The van der Waals surface area contributed by atoms with Crippen molar-refractivity contribution in [2.24, 2.45) is 0 Å². The molecule has 0 radical (unpaired) electrons. The predicted octanol–water partition coefficient (Wildman–Crippen LogP) is 1.97. The summed E-state index contributed by atoms with van der Waals surface area (Å²) in [5.41, 5.74) is 5.48. The molecule has 72 valence electrons. The van der Waals surface area contributed by atoms with Crippen molar-refractivity contribution in [3.8, 4) is 0 Å². The maximum absolute atomic E-state index is 5.48. The fraction of sp³-hybridized carbons (Fsp3) is 0.125. The molecule has 2 rings (SSSR count). The van der Waals surface area contributed by atoms with Gasteiger partial charge >= 0.3 is 0 Å².